The number of carbonyl (C=O) groups is 2. The second-order valence-corrected chi connectivity index (χ2v) is 4.75. The van der Waals surface area contributed by atoms with Gasteiger partial charge in [0.25, 0.3) is 5.91 Å². The smallest absolute Gasteiger partial charge is 0.338 e. The topological polar surface area (TPSA) is 68.5 Å². The molecule has 0 saturated heterocycles. The van der Waals surface area contributed by atoms with Crippen molar-refractivity contribution >= 4 is 11.9 Å². The summed E-state index contributed by atoms with van der Waals surface area (Å²) in [5.74, 6) is -0.228. The van der Waals surface area contributed by atoms with E-state index in [0.29, 0.717) is 11.3 Å². The molecular formula is C16H17NO4. The number of amides is 1. The van der Waals surface area contributed by atoms with Crippen LogP contribution >= 0.6 is 0 Å². The van der Waals surface area contributed by atoms with Crippen LogP contribution in [0, 0.1) is 13.8 Å². The molecule has 0 fully saturated rings. The average molecular weight is 287 g/mol. The summed E-state index contributed by atoms with van der Waals surface area (Å²) in [6, 6.07) is 8.92. The summed E-state index contributed by atoms with van der Waals surface area (Å²) in [6.07, 6.45) is 1.53. The minimum Gasteiger partial charge on any atom is -0.467 e. The maximum absolute atomic E-state index is 11.9. The van der Waals surface area contributed by atoms with Gasteiger partial charge in [0.05, 0.1) is 18.4 Å². The lowest BCUT2D eigenvalue weighted by Gasteiger charge is -2.08. The highest BCUT2D eigenvalue weighted by molar-refractivity contribution is 5.92. The van der Waals surface area contributed by atoms with Crippen LogP contribution in [0.25, 0.3) is 0 Å². The van der Waals surface area contributed by atoms with Gasteiger partial charge in [-0.2, -0.15) is 0 Å². The lowest BCUT2D eigenvalue weighted by Crippen LogP contribution is -2.28. The summed E-state index contributed by atoms with van der Waals surface area (Å²) in [5, 5.41) is 2.61. The molecule has 0 saturated carbocycles. The summed E-state index contributed by atoms with van der Waals surface area (Å²) >= 11 is 0. The predicted molar refractivity (Wildman–Crippen MR) is 76.8 cm³/mol. The Hall–Kier alpha value is -2.56. The first-order valence-electron chi connectivity index (χ1n) is 6.59. The molecule has 1 aromatic carbocycles. The van der Waals surface area contributed by atoms with Crippen molar-refractivity contribution in [3.05, 3.63) is 59.0 Å². The number of rotatable bonds is 5. The molecule has 0 atom stereocenters. The molecule has 1 amide bonds. The molecule has 5 heteroatoms. The molecule has 1 heterocycles. The van der Waals surface area contributed by atoms with Gasteiger partial charge in [-0.3, -0.25) is 4.79 Å². The fraction of sp³-hybridized carbons (Fsp3) is 0.250. The molecule has 1 N–H and O–H groups in total. The highest BCUT2D eigenvalue weighted by Crippen LogP contribution is 2.11. The summed E-state index contributed by atoms with van der Waals surface area (Å²) in [6.45, 7) is 3.74. The van der Waals surface area contributed by atoms with Crippen LogP contribution in [0.3, 0.4) is 0 Å². The van der Waals surface area contributed by atoms with E-state index in [2.05, 4.69) is 5.32 Å². The van der Waals surface area contributed by atoms with Gasteiger partial charge in [-0.05, 0) is 37.6 Å². The van der Waals surface area contributed by atoms with Gasteiger partial charge in [0.15, 0.2) is 6.61 Å². The number of nitrogens with one attached hydrogen (secondary N) is 1. The van der Waals surface area contributed by atoms with E-state index in [-0.39, 0.29) is 19.1 Å². The summed E-state index contributed by atoms with van der Waals surface area (Å²) in [5.41, 5.74) is 2.37. The lowest BCUT2D eigenvalue weighted by molar-refractivity contribution is -0.124. The molecule has 0 bridgehead atoms. The van der Waals surface area contributed by atoms with Crippen molar-refractivity contribution in [1.82, 2.24) is 5.32 Å². The Morgan fingerprint density at radius 3 is 2.71 bits per heavy atom. The van der Waals surface area contributed by atoms with Gasteiger partial charge in [0, 0.05) is 0 Å². The third-order valence-corrected chi connectivity index (χ3v) is 2.98. The van der Waals surface area contributed by atoms with Gasteiger partial charge in [0.1, 0.15) is 5.76 Å². The molecule has 110 valence electrons. The number of carbonyl (C=O) groups excluding carboxylic acids is 2. The van der Waals surface area contributed by atoms with Gasteiger partial charge in [-0.1, -0.05) is 17.7 Å². The molecule has 0 radical (unpaired) electrons. The molecular weight excluding hydrogens is 270 g/mol. The second kappa shape index (κ2) is 6.74. The van der Waals surface area contributed by atoms with Gasteiger partial charge < -0.3 is 14.5 Å². The zero-order valence-corrected chi connectivity index (χ0v) is 12.0. The number of aryl methyl sites for hydroxylation is 2. The fourth-order valence-electron chi connectivity index (χ4n) is 1.90. The highest BCUT2D eigenvalue weighted by Gasteiger charge is 2.12. The Labute approximate surface area is 122 Å². The molecule has 2 rings (SSSR count). The predicted octanol–water partition coefficient (Wildman–Crippen LogP) is 2.37. The van der Waals surface area contributed by atoms with E-state index in [9.17, 15) is 9.59 Å². The Bertz CT molecular complexity index is 632. The number of furan rings is 1. The van der Waals surface area contributed by atoms with Crippen LogP contribution in [0.2, 0.25) is 0 Å². The molecule has 1 aromatic heterocycles. The maximum atomic E-state index is 11.9. The van der Waals surface area contributed by atoms with Gasteiger partial charge in [-0.15, -0.1) is 0 Å². The van der Waals surface area contributed by atoms with E-state index in [1.165, 1.54) is 6.26 Å². The van der Waals surface area contributed by atoms with Crippen molar-refractivity contribution in [1.29, 1.82) is 0 Å². The van der Waals surface area contributed by atoms with E-state index < -0.39 is 5.97 Å². The van der Waals surface area contributed by atoms with E-state index in [1.807, 2.05) is 26.0 Å². The second-order valence-electron chi connectivity index (χ2n) is 4.75. The first-order chi connectivity index (χ1) is 10.1. The minimum atomic E-state index is -0.499. The number of benzene rings is 1. The first-order valence-corrected chi connectivity index (χ1v) is 6.59. The summed E-state index contributed by atoms with van der Waals surface area (Å²) < 4.78 is 10.1. The minimum absolute atomic E-state index is 0.271. The van der Waals surface area contributed by atoms with Crippen molar-refractivity contribution in [2.24, 2.45) is 0 Å². The van der Waals surface area contributed by atoms with Crippen molar-refractivity contribution in [3.63, 3.8) is 0 Å². The zero-order chi connectivity index (χ0) is 15.2. The first kappa shape index (κ1) is 14.8. The third-order valence-electron chi connectivity index (χ3n) is 2.98. The van der Waals surface area contributed by atoms with E-state index in [1.54, 1.807) is 18.2 Å². The maximum Gasteiger partial charge on any atom is 0.338 e. The van der Waals surface area contributed by atoms with Crippen molar-refractivity contribution in [3.8, 4) is 0 Å². The van der Waals surface area contributed by atoms with Crippen LogP contribution < -0.4 is 5.32 Å². The fourth-order valence-corrected chi connectivity index (χ4v) is 1.90. The van der Waals surface area contributed by atoms with Crippen LogP contribution in [0.5, 0.6) is 0 Å². The van der Waals surface area contributed by atoms with Crippen molar-refractivity contribution in [2.45, 2.75) is 20.4 Å². The van der Waals surface area contributed by atoms with Crippen LogP contribution in [0.15, 0.2) is 41.0 Å². The van der Waals surface area contributed by atoms with E-state index >= 15 is 0 Å². The third kappa shape index (κ3) is 4.21. The van der Waals surface area contributed by atoms with Crippen LogP contribution in [0.4, 0.5) is 0 Å². The molecule has 0 unspecified atom stereocenters. The van der Waals surface area contributed by atoms with Crippen molar-refractivity contribution in [2.75, 3.05) is 6.61 Å². The lowest BCUT2D eigenvalue weighted by atomic mass is 10.1. The Morgan fingerprint density at radius 2 is 2.05 bits per heavy atom. The zero-order valence-electron chi connectivity index (χ0n) is 12.0. The van der Waals surface area contributed by atoms with Crippen LogP contribution in [0.1, 0.15) is 27.2 Å². The standard InChI is InChI=1S/C16H17NO4/c1-11-5-6-14(12(2)8-11)16(19)21-10-15(18)17-9-13-4-3-7-20-13/h3-8H,9-10H2,1-2H3,(H,17,18). The molecule has 0 aliphatic heterocycles. The molecule has 0 aliphatic rings. The molecule has 0 spiro atoms. The van der Waals surface area contributed by atoms with Gasteiger partial charge >= 0.3 is 5.97 Å². The van der Waals surface area contributed by atoms with E-state index in [0.717, 1.165) is 11.1 Å². The molecule has 2 aromatic rings. The monoisotopic (exact) mass is 287 g/mol. The SMILES string of the molecule is Cc1ccc(C(=O)OCC(=O)NCc2ccco2)c(C)c1. The summed E-state index contributed by atoms with van der Waals surface area (Å²) in [4.78, 5) is 23.5. The van der Waals surface area contributed by atoms with Gasteiger partial charge in [0.2, 0.25) is 0 Å². The molecule has 21 heavy (non-hydrogen) atoms. The van der Waals surface area contributed by atoms with E-state index in [4.69, 9.17) is 9.15 Å². The van der Waals surface area contributed by atoms with Crippen LogP contribution in [-0.2, 0) is 16.1 Å². The van der Waals surface area contributed by atoms with Gasteiger partial charge in [-0.25, -0.2) is 4.79 Å². The Morgan fingerprint density at radius 1 is 1.24 bits per heavy atom. The average Bonchev–Trinajstić information content (AvgIpc) is 2.95. The highest BCUT2D eigenvalue weighted by atomic mass is 16.5. The largest absolute Gasteiger partial charge is 0.467 e. The number of esters is 1. The van der Waals surface area contributed by atoms with Crippen LogP contribution in [-0.4, -0.2) is 18.5 Å². The molecule has 0 aliphatic carbocycles. The number of hydrogen-bond acceptors (Lipinski definition) is 4. The number of ether oxygens (including phenoxy) is 1. The Kier molecular flexibility index (Phi) is 4.77. The summed E-state index contributed by atoms with van der Waals surface area (Å²) in [7, 11) is 0. The number of hydrogen-bond donors (Lipinski definition) is 1. The Balaban J connectivity index is 1.81. The normalized spacial score (nSPS) is 10.2. The van der Waals surface area contributed by atoms with Crippen molar-refractivity contribution < 1.29 is 18.7 Å². The quantitative estimate of drug-likeness (QED) is 0.857. The molecule has 5 nitrogen and oxygen atoms in total.